The van der Waals surface area contributed by atoms with E-state index in [1.807, 2.05) is 0 Å². The Kier molecular flexibility index (Phi) is 5.03. The summed E-state index contributed by atoms with van der Waals surface area (Å²) in [6.07, 6.45) is 3.01. The molecule has 1 unspecified atom stereocenters. The molecule has 0 radical (unpaired) electrons. The van der Waals surface area contributed by atoms with Gasteiger partial charge in [-0.25, -0.2) is 0 Å². The number of ether oxygens (including phenoxy) is 2. The van der Waals surface area contributed by atoms with Crippen LogP contribution in [0.1, 0.15) is 12.8 Å². The fourth-order valence-corrected chi connectivity index (χ4v) is 2.49. The molecule has 0 bridgehead atoms. The van der Waals surface area contributed by atoms with Crippen molar-refractivity contribution >= 4 is 0 Å². The molecule has 2 heterocycles. The van der Waals surface area contributed by atoms with Gasteiger partial charge in [-0.3, -0.25) is 9.80 Å². The molecule has 94 valence electrons. The molecule has 16 heavy (non-hydrogen) atoms. The Morgan fingerprint density at radius 1 is 1.19 bits per heavy atom. The van der Waals surface area contributed by atoms with E-state index in [0.29, 0.717) is 6.10 Å². The molecule has 2 aliphatic heterocycles. The Morgan fingerprint density at radius 3 is 2.56 bits per heavy atom. The first kappa shape index (κ1) is 12.3. The molecule has 0 aromatic carbocycles. The van der Waals surface area contributed by atoms with Crippen molar-refractivity contribution in [2.45, 2.75) is 18.9 Å². The first-order valence-corrected chi connectivity index (χ1v) is 6.44. The van der Waals surface area contributed by atoms with Crippen LogP contribution in [0.3, 0.4) is 0 Å². The lowest BCUT2D eigenvalue weighted by Gasteiger charge is -2.35. The van der Waals surface area contributed by atoms with Crippen LogP contribution in [0.4, 0.5) is 0 Å². The van der Waals surface area contributed by atoms with Crippen molar-refractivity contribution in [3.05, 3.63) is 0 Å². The standard InChI is InChI=1S/C12H24N2O2/c1-15-10-8-13-4-6-14(7-5-13)11-12-3-2-9-16-12/h12H,2-11H2,1H3. The van der Waals surface area contributed by atoms with Gasteiger partial charge in [-0.05, 0) is 12.8 Å². The summed E-state index contributed by atoms with van der Waals surface area (Å²) in [7, 11) is 1.77. The summed E-state index contributed by atoms with van der Waals surface area (Å²) < 4.78 is 10.8. The van der Waals surface area contributed by atoms with Crippen LogP contribution in [0.2, 0.25) is 0 Å². The normalized spacial score (nSPS) is 28.7. The van der Waals surface area contributed by atoms with Gasteiger partial charge in [0.25, 0.3) is 0 Å². The zero-order chi connectivity index (χ0) is 11.2. The Bertz CT molecular complexity index is 187. The minimum atomic E-state index is 0.505. The maximum Gasteiger partial charge on any atom is 0.0702 e. The lowest BCUT2D eigenvalue weighted by atomic mass is 10.2. The fourth-order valence-electron chi connectivity index (χ4n) is 2.49. The van der Waals surface area contributed by atoms with Crippen LogP contribution < -0.4 is 0 Å². The van der Waals surface area contributed by atoms with Crippen molar-refractivity contribution in [3.8, 4) is 0 Å². The molecule has 0 aromatic heterocycles. The van der Waals surface area contributed by atoms with Crippen molar-refractivity contribution in [3.63, 3.8) is 0 Å². The minimum absolute atomic E-state index is 0.505. The highest BCUT2D eigenvalue weighted by Gasteiger charge is 2.22. The summed E-state index contributed by atoms with van der Waals surface area (Å²) in [6, 6.07) is 0. The van der Waals surface area contributed by atoms with Gasteiger partial charge in [-0.1, -0.05) is 0 Å². The van der Waals surface area contributed by atoms with Crippen molar-refractivity contribution in [2.75, 3.05) is 59.6 Å². The van der Waals surface area contributed by atoms with Crippen LogP contribution in [0.5, 0.6) is 0 Å². The van der Waals surface area contributed by atoms with E-state index in [1.165, 1.54) is 39.0 Å². The molecule has 0 N–H and O–H groups in total. The Morgan fingerprint density at radius 2 is 1.94 bits per heavy atom. The summed E-state index contributed by atoms with van der Waals surface area (Å²) in [5, 5.41) is 0. The van der Waals surface area contributed by atoms with Gasteiger partial charge in [-0.15, -0.1) is 0 Å². The molecule has 2 rings (SSSR count). The van der Waals surface area contributed by atoms with Gasteiger partial charge in [0.1, 0.15) is 0 Å². The lowest BCUT2D eigenvalue weighted by Crippen LogP contribution is -2.49. The van der Waals surface area contributed by atoms with Gasteiger partial charge in [0.15, 0.2) is 0 Å². The summed E-state index contributed by atoms with van der Waals surface area (Å²) in [6.45, 7) is 8.76. The molecule has 4 heteroatoms. The van der Waals surface area contributed by atoms with E-state index in [1.54, 1.807) is 7.11 Å². The topological polar surface area (TPSA) is 24.9 Å². The summed E-state index contributed by atoms with van der Waals surface area (Å²) in [4.78, 5) is 5.02. The second-order valence-corrected chi connectivity index (χ2v) is 4.77. The number of methoxy groups -OCH3 is 1. The first-order chi connectivity index (χ1) is 7.88. The third-order valence-electron chi connectivity index (χ3n) is 3.56. The van der Waals surface area contributed by atoms with Crippen LogP contribution in [-0.2, 0) is 9.47 Å². The SMILES string of the molecule is COCCN1CCN(CC2CCCO2)CC1. The number of nitrogens with zero attached hydrogens (tertiary/aromatic N) is 2. The Balaban J connectivity index is 1.60. The Labute approximate surface area is 98.5 Å². The van der Waals surface area contributed by atoms with E-state index in [0.717, 1.165) is 26.3 Å². The molecule has 2 aliphatic rings. The zero-order valence-corrected chi connectivity index (χ0v) is 10.4. The quantitative estimate of drug-likeness (QED) is 0.681. The maximum absolute atomic E-state index is 5.67. The third kappa shape index (κ3) is 3.70. The molecule has 0 amide bonds. The number of hydrogen-bond donors (Lipinski definition) is 0. The largest absolute Gasteiger partial charge is 0.383 e. The number of rotatable bonds is 5. The van der Waals surface area contributed by atoms with Crippen LogP contribution in [-0.4, -0.2) is 75.5 Å². The van der Waals surface area contributed by atoms with E-state index in [9.17, 15) is 0 Å². The summed E-state index contributed by atoms with van der Waals surface area (Å²) >= 11 is 0. The first-order valence-electron chi connectivity index (χ1n) is 6.44. The van der Waals surface area contributed by atoms with Gasteiger partial charge in [0.05, 0.1) is 12.7 Å². The molecule has 0 aromatic rings. The zero-order valence-electron chi connectivity index (χ0n) is 10.4. The van der Waals surface area contributed by atoms with Crippen LogP contribution in [0.25, 0.3) is 0 Å². The fraction of sp³-hybridized carbons (Fsp3) is 1.00. The average Bonchev–Trinajstić information content (AvgIpc) is 2.81. The summed E-state index contributed by atoms with van der Waals surface area (Å²) in [5.74, 6) is 0. The predicted molar refractivity (Wildman–Crippen MR) is 63.7 cm³/mol. The smallest absolute Gasteiger partial charge is 0.0702 e. The molecule has 2 saturated heterocycles. The van der Waals surface area contributed by atoms with E-state index in [4.69, 9.17) is 9.47 Å². The van der Waals surface area contributed by atoms with Crippen LogP contribution in [0, 0.1) is 0 Å². The third-order valence-corrected chi connectivity index (χ3v) is 3.56. The monoisotopic (exact) mass is 228 g/mol. The molecular weight excluding hydrogens is 204 g/mol. The van der Waals surface area contributed by atoms with Crippen LogP contribution in [0.15, 0.2) is 0 Å². The molecule has 0 aliphatic carbocycles. The highest BCUT2D eigenvalue weighted by Crippen LogP contribution is 2.14. The molecule has 0 spiro atoms. The second kappa shape index (κ2) is 6.55. The van der Waals surface area contributed by atoms with Gasteiger partial charge >= 0.3 is 0 Å². The second-order valence-electron chi connectivity index (χ2n) is 4.77. The van der Waals surface area contributed by atoms with Gasteiger partial charge < -0.3 is 9.47 Å². The van der Waals surface area contributed by atoms with Crippen molar-refractivity contribution in [2.24, 2.45) is 0 Å². The van der Waals surface area contributed by atoms with Crippen molar-refractivity contribution < 1.29 is 9.47 Å². The molecule has 0 saturated carbocycles. The minimum Gasteiger partial charge on any atom is -0.383 e. The number of hydrogen-bond acceptors (Lipinski definition) is 4. The molecule has 4 nitrogen and oxygen atoms in total. The van der Waals surface area contributed by atoms with Crippen molar-refractivity contribution in [1.82, 2.24) is 9.80 Å². The van der Waals surface area contributed by atoms with Gasteiger partial charge in [0.2, 0.25) is 0 Å². The van der Waals surface area contributed by atoms with Crippen molar-refractivity contribution in [1.29, 1.82) is 0 Å². The summed E-state index contributed by atoms with van der Waals surface area (Å²) in [5.41, 5.74) is 0. The number of piperazine rings is 1. The van der Waals surface area contributed by atoms with E-state index < -0.39 is 0 Å². The van der Waals surface area contributed by atoms with Gasteiger partial charge in [-0.2, -0.15) is 0 Å². The maximum atomic E-state index is 5.67. The van der Waals surface area contributed by atoms with Gasteiger partial charge in [0, 0.05) is 53.0 Å². The van der Waals surface area contributed by atoms with E-state index in [-0.39, 0.29) is 0 Å². The Hall–Kier alpha value is -0.160. The molecule has 2 fully saturated rings. The average molecular weight is 228 g/mol. The molecule has 1 atom stereocenters. The highest BCUT2D eigenvalue weighted by molar-refractivity contribution is 4.76. The van der Waals surface area contributed by atoms with Crippen LogP contribution >= 0.6 is 0 Å². The molecular formula is C12H24N2O2. The van der Waals surface area contributed by atoms with E-state index in [2.05, 4.69) is 9.80 Å². The highest BCUT2D eigenvalue weighted by atomic mass is 16.5. The lowest BCUT2D eigenvalue weighted by molar-refractivity contribution is 0.0444. The predicted octanol–water partition coefficient (Wildman–Crippen LogP) is 0.429. The van der Waals surface area contributed by atoms with E-state index >= 15 is 0 Å².